The van der Waals surface area contributed by atoms with E-state index in [1.54, 1.807) is 0 Å². The lowest BCUT2D eigenvalue weighted by Crippen LogP contribution is -2.27. The van der Waals surface area contributed by atoms with E-state index in [0.717, 1.165) is 31.6 Å². The molecule has 1 atom stereocenters. The number of primary amides is 1. The fraction of sp³-hybridized carbons (Fsp3) is 0.429. The van der Waals surface area contributed by atoms with Gasteiger partial charge in [-0.15, -0.1) is 0 Å². The first-order valence-electron chi connectivity index (χ1n) is 6.38. The van der Waals surface area contributed by atoms with Gasteiger partial charge in [0.1, 0.15) is 4.99 Å². The number of thiocarbonyl (C=S) groups is 1. The number of carbonyl (C=O) groups excluding carboxylic acids is 1. The van der Waals surface area contributed by atoms with Crippen LogP contribution in [0, 0.1) is 12.8 Å². The molecule has 102 valence electrons. The Morgan fingerprint density at radius 3 is 2.74 bits per heavy atom. The van der Waals surface area contributed by atoms with Crippen molar-refractivity contribution in [1.29, 1.82) is 0 Å². The van der Waals surface area contributed by atoms with Gasteiger partial charge >= 0.3 is 0 Å². The molecule has 0 saturated carbocycles. The molecule has 1 aliphatic rings. The highest BCUT2D eigenvalue weighted by Gasteiger charge is 2.26. The minimum absolute atomic E-state index is 0.00352. The van der Waals surface area contributed by atoms with Gasteiger partial charge < -0.3 is 11.5 Å². The Bertz CT molecular complexity index is 515. The number of likely N-dealkylation sites (tertiary alicyclic amines) is 1. The van der Waals surface area contributed by atoms with Crippen LogP contribution in [0.15, 0.2) is 18.2 Å². The second kappa shape index (κ2) is 5.67. The van der Waals surface area contributed by atoms with Gasteiger partial charge in [0, 0.05) is 18.7 Å². The molecular formula is C14H19N3OS. The lowest BCUT2D eigenvalue weighted by Gasteiger charge is -2.17. The van der Waals surface area contributed by atoms with Crippen LogP contribution in [0.25, 0.3) is 0 Å². The Kier molecular flexibility index (Phi) is 4.17. The Morgan fingerprint density at radius 2 is 2.21 bits per heavy atom. The molecule has 1 aromatic rings. The van der Waals surface area contributed by atoms with Crippen molar-refractivity contribution in [2.24, 2.45) is 17.4 Å². The first-order chi connectivity index (χ1) is 8.97. The van der Waals surface area contributed by atoms with Crippen molar-refractivity contribution in [3.05, 3.63) is 34.9 Å². The second-order valence-electron chi connectivity index (χ2n) is 5.13. The number of rotatable bonds is 4. The molecule has 0 radical (unpaired) electrons. The zero-order valence-electron chi connectivity index (χ0n) is 11.1. The van der Waals surface area contributed by atoms with E-state index >= 15 is 0 Å². The molecule has 1 aliphatic heterocycles. The van der Waals surface area contributed by atoms with Crippen LogP contribution < -0.4 is 11.5 Å². The third kappa shape index (κ3) is 3.30. The maximum absolute atomic E-state index is 11.2. The zero-order chi connectivity index (χ0) is 14.0. The van der Waals surface area contributed by atoms with Gasteiger partial charge in [-0.1, -0.05) is 24.4 Å². The molecule has 4 N–H and O–H groups in total. The number of aryl methyl sites for hydroxylation is 1. The van der Waals surface area contributed by atoms with Crippen LogP contribution >= 0.6 is 12.2 Å². The molecule has 0 aliphatic carbocycles. The Hall–Kier alpha value is -1.46. The summed E-state index contributed by atoms with van der Waals surface area (Å²) >= 11 is 4.97. The number of nitrogens with two attached hydrogens (primary N) is 2. The van der Waals surface area contributed by atoms with Crippen molar-refractivity contribution in [3.8, 4) is 0 Å². The van der Waals surface area contributed by atoms with Crippen LogP contribution in [-0.4, -0.2) is 28.9 Å². The van der Waals surface area contributed by atoms with Gasteiger partial charge in [-0.05, 0) is 37.1 Å². The summed E-state index contributed by atoms with van der Waals surface area (Å²) in [6, 6.07) is 6.02. The second-order valence-corrected chi connectivity index (χ2v) is 5.57. The molecule has 4 nitrogen and oxygen atoms in total. The van der Waals surface area contributed by atoms with Crippen molar-refractivity contribution in [2.75, 3.05) is 13.1 Å². The standard InChI is InChI=1S/C14H19N3OS/c1-9-6-10(14(16)19)2-3-11(9)7-17-5-4-12(8-17)13(15)18/h2-3,6,12H,4-5,7-8H2,1H3,(H2,15,18)(H2,16,19). The summed E-state index contributed by atoms with van der Waals surface area (Å²) in [5, 5.41) is 0. The summed E-state index contributed by atoms with van der Waals surface area (Å²) in [7, 11) is 0. The summed E-state index contributed by atoms with van der Waals surface area (Å²) in [4.78, 5) is 13.8. The van der Waals surface area contributed by atoms with Crippen LogP contribution in [0.1, 0.15) is 23.1 Å². The topological polar surface area (TPSA) is 72.3 Å². The quantitative estimate of drug-likeness (QED) is 0.803. The average Bonchev–Trinajstić information content (AvgIpc) is 2.80. The van der Waals surface area contributed by atoms with Crippen molar-refractivity contribution < 1.29 is 4.79 Å². The number of benzene rings is 1. The molecule has 0 aromatic heterocycles. The molecule has 1 aromatic carbocycles. The molecule has 19 heavy (non-hydrogen) atoms. The molecule has 5 heteroatoms. The van der Waals surface area contributed by atoms with Crippen molar-refractivity contribution >= 4 is 23.1 Å². The molecule has 0 spiro atoms. The summed E-state index contributed by atoms with van der Waals surface area (Å²) in [6.45, 7) is 4.57. The van der Waals surface area contributed by atoms with E-state index in [1.165, 1.54) is 11.1 Å². The molecule has 1 amide bonds. The van der Waals surface area contributed by atoms with Crippen molar-refractivity contribution in [1.82, 2.24) is 4.90 Å². The SMILES string of the molecule is Cc1cc(C(N)=S)ccc1CN1CCC(C(N)=O)C1. The summed E-state index contributed by atoms with van der Waals surface area (Å²) in [5.41, 5.74) is 14.3. The molecule has 1 unspecified atom stereocenters. The largest absolute Gasteiger partial charge is 0.389 e. The third-order valence-electron chi connectivity index (χ3n) is 3.70. The minimum Gasteiger partial charge on any atom is -0.389 e. The number of nitrogens with zero attached hydrogens (tertiary/aromatic N) is 1. The van der Waals surface area contributed by atoms with Gasteiger partial charge in [-0.25, -0.2) is 0 Å². The van der Waals surface area contributed by atoms with E-state index in [-0.39, 0.29) is 11.8 Å². The predicted molar refractivity (Wildman–Crippen MR) is 79.6 cm³/mol. The van der Waals surface area contributed by atoms with Gasteiger partial charge in [0.05, 0.1) is 5.92 Å². The van der Waals surface area contributed by atoms with E-state index in [2.05, 4.69) is 17.9 Å². The highest BCUT2D eigenvalue weighted by Crippen LogP contribution is 2.20. The smallest absolute Gasteiger partial charge is 0.221 e. The number of hydrogen-bond donors (Lipinski definition) is 2. The van der Waals surface area contributed by atoms with Gasteiger partial charge in [0.2, 0.25) is 5.91 Å². The first-order valence-corrected chi connectivity index (χ1v) is 6.79. The van der Waals surface area contributed by atoms with E-state index in [4.69, 9.17) is 23.7 Å². The van der Waals surface area contributed by atoms with Crippen molar-refractivity contribution in [2.45, 2.75) is 19.9 Å². The predicted octanol–water partition coefficient (Wildman–Crippen LogP) is 0.936. The third-order valence-corrected chi connectivity index (χ3v) is 3.93. The van der Waals surface area contributed by atoms with Crippen molar-refractivity contribution in [3.63, 3.8) is 0 Å². The number of carbonyl (C=O) groups is 1. The van der Waals surface area contributed by atoms with Crippen LogP contribution in [0.5, 0.6) is 0 Å². The highest BCUT2D eigenvalue weighted by atomic mass is 32.1. The Morgan fingerprint density at radius 1 is 1.47 bits per heavy atom. The number of hydrogen-bond acceptors (Lipinski definition) is 3. The molecular weight excluding hydrogens is 258 g/mol. The van der Waals surface area contributed by atoms with E-state index < -0.39 is 0 Å². The van der Waals surface area contributed by atoms with Gasteiger partial charge in [0.15, 0.2) is 0 Å². The maximum atomic E-state index is 11.2. The van der Waals surface area contributed by atoms with E-state index in [1.807, 2.05) is 12.1 Å². The Balaban J connectivity index is 2.04. The molecule has 0 bridgehead atoms. The van der Waals surface area contributed by atoms with Gasteiger partial charge in [-0.3, -0.25) is 9.69 Å². The van der Waals surface area contributed by atoms with Crippen LogP contribution in [0.2, 0.25) is 0 Å². The van der Waals surface area contributed by atoms with E-state index in [0.29, 0.717) is 4.99 Å². The molecule has 1 saturated heterocycles. The summed E-state index contributed by atoms with van der Waals surface area (Å²) in [5.74, 6) is -0.195. The number of amides is 1. The maximum Gasteiger partial charge on any atom is 0.221 e. The monoisotopic (exact) mass is 277 g/mol. The van der Waals surface area contributed by atoms with Crippen LogP contribution in [0.3, 0.4) is 0 Å². The molecule has 1 heterocycles. The lowest BCUT2D eigenvalue weighted by molar-refractivity contribution is -0.121. The van der Waals surface area contributed by atoms with Crippen LogP contribution in [0.4, 0.5) is 0 Å². The fourth-order valence-electron chi connectivity index (χ4n) is 2.48. The van der Waals surface area contributed by atoms with Crippen LogP contribution in [-0.2, 0) is 11.3 Å². The average molecular weight is 277 g/mol. The summed E-state index contributed by atoms with van der Waals surface area (Å²) < 4.78 is 0. The summed E-state index contributed by atoms with van der Waals surface area (Å²) in [6.07, 6.45) is 0.860. The molecule has 1 fully saturated rings. The minimum atomic E-state index is -0.192. The highest BCUT2D eigenvalue weighted by molar-refractivity contribution is 7.80. The lowest BCUT2D eigenvalue weighted by atomic mass is 10.0. The normalized spacial score (nSPS) is 19.5. The molecule has 2 rings (SSSR count). The Labute approximate surface area is 118 Å². The zero-order valence-corrected chi connectivity index (χ0v) is 11.9. The van der Waals surface area contributed by atoms with Gasteiger partial charge in [0.25, 0.3) is 0 Å². The fourth-order valence-corrected chi connectivity index (χ4v) is 2.60. The van der Waals surface area contributed by atoms with E-state index in [9.17, 15) is 4.79 Å². The van der Waals surface area contributed by atoms with Gasteiger partial charge in [-0.2, -0.15) is 0 Å². The first kappa shape index (κ1) is 14.0.